The van der Waals surface area contributed by atoms with Crippen LogP contribution in [0.3, 0.4) is 0 Å². The molecule has 5 aromatic rings. The van der Waals surface area contributed by atoms with Gasteiger partial charge in [-0.2, -0.15) is 0 Å². The molecule has 0 spiro atoms. The zero-order valence-electron chi connectivity index (χ0n) is 21.7. The van der Waals surface area contributed by atoms with Crippen LogP contribution in [0.15, 0.2) is 102 Å². The fraction of sp³-hybridized carbons (Fsp3) is 0.219. The highest BCUT2D eigenvalue weighted by Gasteiger charge is 2.23. The molecule has 1 N–H and O–H groups in total. The third-order valence-electron chi connectivity index (χ3n) is 6.73. The van der Waals surface area contributed by atoms with E-state index in [1.165, 1.54) is 5.56 Å². The number of hydrogen-bond acceptors (Lipinski definition) is 4. The second kappa shape index (κ2) is 11.7. The molecule has 2 aromatic heterocycles. The van der Waals surface area contributed by atoms with Crippen LogP contribution < -0.4 is 14.8 Å². The molecule has 0 aliphatic rings. The Kier molecular flexibility index (Phi) is 7.78. The van der Waals surface area contributed by atoms with Crippen LogP contribution in [0, 0.1) is 0 Å². The lowest BCUT2D eigenvalue weighted by atomic mass is 9.88. The lowest BCUT2D eigenvalue weighted by Gasteiger charge is -2.18. The predicted octanol–water partition coefficient (Wildman–Crippen LogP) is 6.53. The number of nitrogens with one attached hydrogen (secondary N) is 1. The normalized spacial score (nSPS) is 11.8. The average Bonchev–Trinajstić information content (AvgIpc) is 3.60. The number of rotatable bonds is 11. The minimum atomic E-state index is -0.135. The fourth-order valence-corrected chi connectivity index (χ4v) is 4.84. The molecule has 1 unspecified atom stereocenters. The quantitative estimate of drug-likeness (QED) is 0.220. The molecule has 0 bridgehead atoms. The zero-order chi connectivity index (χ0) is 26.3. The molecular weight excluding hydrogens is 476 g/mol. The highest BCUT2D eigenvalue weighted by molar-refractivity contribution is 5.86. The minimum Gasteiger partial charge on any atom is -0.497 e. The van der Waals surface area contributed by atoms with Crippen LogP contribution >= 0.6 is 0 Å². The van der Waals surface area contributed by atoms with Gasteiger partial charge >= 0.3 is 0 Å². The van der Waals surface area contributed by atoms with Crippen LogP contribution in [0.25, 0.3) is 10.9 Å². The van der Waals surface area contributed by atoms with E-state index in [2.05, 4.69) is 64.6 Å². The van der Waals surface area contributed by atoms with Crippen LogP contribution in [0.1, 0.15) is 41.7 Å². The van der Waals surface area contributed by atoms with Gasteiger partial charge in [0.25, 0.3) is 0 Å². The van der Waals surface area contributed by atoms with Gasteiger partial charge in [0.2, 0.25) is 5.91 Å². The van der Waals surface area contributed by atoms with E-state index in [-0.39, 0.29) is 11.8 Å². The van der Waals surface area contributed by atoms with Crippen LogP contribution in [0.2, 0.25) is 0 Å². The first-order valence-corrected chi connectivity index (χ1v) is 12.9. The third kappa shape index (κ3) is 5.75. The molecule has 6 nitrogen and oxygen atoms in total. The molecule has 0 aliphatic heterocycles. The number of nitrogens with zero attached hydrogens (tertiary/aromatic N) is 1. The van der Waals surface area contributed by atoms with Gasteiger partial charge in [-0.1, -0.05) is 42.5 Å². The summed E-state index contributed by atoms with van der Waals surface area (Å²) < 4.78 is 18.6. The van der Waals surface area contributed by atoms with E-state index in [4.69, 9.17) is 13.9 Å². The van der Waals surface area contributed by atoms with Crippen LogP contribution in [-0.2, 0) is 17.9 Å². The van der Waals surface area contributed by atoms with Crippen molar-refractivity contribution in [1.82, 2.24) is 9.88 Å². The van der Waals surface area contributed by atoms with Crippen molar-refractivity contribution in [2.75, 3.05) is 13.7 Å². The Hall–Kier alpha value is -4.45. The molecule has 2 heterocycles. The standard InChI is InChI=1S/C32H32N2O4/c1-3-37-26-16-12-24(13-17-26)29(19-32(35)33-20-27-7-6-18-38-27)30-22-34(31-9-5-4-8-28(30)31)21-23-10-14-25(36-2)15-11-23/h4-18,22,29H,3,19-21H2,1-2H3,(H,33,35). The SMILES string of the molecule is CCOc1ccc(C(CC(=O)NCc2ccco2)c2cn(Cc3ccc(OC)cc3)c3ccccc23)cc1. The molecule has 6 heteroatoms. The summed E-state index contributed by atoms with van der Waals surface area (Å²) in [6.45, 7) is 3.65. The van der Waals surface area contributed by atoms with E-state index in [9.17, 15) is 4.79 Å². The monoisotopic (exact) mass is 508 g/mol. The molecule has 1 atom stereocenters. The Morgan fingerprint density at radius 2 is 1.71 bits per heavy atom. The Morgan fingerprint density at radius 1 is 0.947 bits per heavy atom. The smallest absolute Gasteiger partial charge is 0.221 e. The molecule has 1 amide bonds. The van der Waals surface area contributed by atoms with Crippen molar-refractivity contribution in [1.29, 1.82) is 0 Å². The first-order chi connectivity index (χ1) is 18.6. The average molecular weight is 509 g/mol. The maximum absolute atomic E-state index is 13.2. The number of methoxy groups -OCH3 is 1. The summed E-state index contributed by atoms with van der Waals surface area (Å²) in [4.78, 5) is 13.2. The summed E-state index contributed by atoms with van der Waals surface area (Å²) >= 11 is 0. The van der Waals surface area contributed by atoms with Gasteiger partial charge in [0, 0.05) is 36.0 Å². The summed E-state index contributed by atoms with van der Waals surface area (Å²) in [6.07, 6.45) is 4.11. The molecule has 0 saturated carbocycles. The number of hydrogen-bond donors (Lipinski definition) is 1. The lowest BCUT2D eigenvalue weighted by Crippen LogP contribution is -2.24. The topological polar surface area (TPSA) is 65.6 Å². The third-order valence-corrected chi connectivity index (χ3v) is 6.73. The van der Waals surface area contributed by atoms with Crippen molar-refractivity contribution in [3.63, 3.8) is 0 Å². The van der Waals surface area contributed by atoms with E-state index >= 15 is 0 Å². The van der Waals surface area contributed by atoms with Crippen molar-refractivity contribution in [3.05, 3.63) is 120 Å². The van der Waals surface area contributed by atoms with Gasteiger partial charge in [-0.15, -0.1) is 0 Å². The van der Waals surface area contributed by atoms with Crippen LogP contribution in [0.4, 0.5) is 0 Å². The number of carbonyl (C=O) groups excluding carboxylic acids is 1. The number of para-hydroxylation sites is 1. The first-order valence-electron chi connectivity index (χ1n) is 12.9. The number of benzene rings is 3. The van der Waals surface area contributed by atoms with Gasteiger partial charge in [0.15, 0.2) is 0 Å². The summed E-state index contributed by atoms with van der Waals surface area (Å²) in [5.74, 6) is 2.21. The van der Waals surface area contributed by atoms with E-state index in [0.717, 1.165) is 39.3 Å². The number of furan rings is 1. The highest BCUT2D eigenvalue weighted by atomic mass is 16.5. The Morgan fingerprint density at radius 3 is 2.42 bits per heavy atom. The molecule has 0 radical (unpaired) electrons. The number of carbonyl (C=O) groups is 1. The van der Waals surface area contributed by atoms with Gasteiger partial charge in [-0.25, -0.2) is 0 Å². The van der Waals surface area contributed by atoms with Gasteiger partial charge in [0.1, 0.15) is 17.3 Å². The summed E-state index contributed by atoms with van der Waals surface area (Å²) in [5.41, 5.74) is 4.48. The molecule has 0 aliphatic carbocycles. The first kappa shape index (κ1) is 25.2. The Labute approximate surface area is 222 Å². The summed E-state index contributed by atoms with van der Waals surface area (Å²) in [6, 6.07) is 28.3. The highest BCUT2D eigenvalue weighted by Crippen LogP contribution is 2.36. The van der Waals surface area contributed by atoms with E-state index in [0.29, 0.717) is 26.1 Å². The molecule has 0 fully saturated rings. The second-order valence-corrected chi connectivity index (χ2v) is 9.19. The number of fused-ring (bicyclic) bond motifs is 1. The van der Waals surface area contributed by atoms with Crippen molar-refractivity contribution in [3.8, 4) is 11.5 Å². The molecule has 5 rings (SSSR count). The van der Waals surface area contributed by atoms with Gasteiger partial charge in [-0.05, 0) is 66.1 Å². The lowest BCUT2D eigenvalue weighted by molar-refractivity contribution is -0.121. The van der Waals surface area contributed by atoms with E-state index < -0.39 is 0 Å². The Balaban J connectivity index is 1.49. The maximum Gasteiger partial charge on any atom is 0.221 e. The minimum absolute atomic E-state index is 0.0349. The van der Waals surface area contributed by atoms with Crippen molar-refractivity contribution < 1.29 is 18.7 Å². The zero-order valence-corrected chi connectivity index (χ0v) is 21.7. The maximum atomic E-state index is 13.2. The van der Waals surface area contributed by atoms with Crippen LogP contribution in [0.5, 0.6) is 11.5 Å². The van der Waals surface area contributed by atoms with Crippen molar-refractivity contribution in [2.24, 2.45) is 0 Å². The van der Waals surface area contributed by atoms with Crippen molar-refractivity contribution in [2.45, 2.75) is 32.4 Å². The largest absolute Gasteiger partial charge is 0.497 e. The Bertz CT molecular complexity index is 1470. The predicted molar refractivity (Wildman–Crippen MR) is 149 cm³/mol. The molecular formula is C32H32N2O4. The van der Waals surface area contributed by atoms with Gasteiger partial charge in [0.05, 0.1) is 26.5 Å². The van der Waals surface area contributed by atoms with Gasteiger partial charge < -0.3 is 23.8 Å². The second-order valence-electron chi connectivity index (χ2n) is 9.19. The summed E-state index contributed by atoms with van der Waals surface area (Å²) in [5, 5.41) is 4.15. The van der Waals surface area contributed by atoms with E-state index in [1.54, 1.807) is 13.4 Å². The molecule has 38 heavy (non-hydrogen) atoms. The number of amides is 1. The van der Waals surface area contributed by atoms with Gasteiger partial charge in [-0.3, -0.25) is 4.79 Å². The molecule has 3 aromatic carbocycles. The molecule has 194 valence electrons. The van der Waals surface area contributed by atoms with Crippen LogP contribution in [-0.4, -0.2) is 24.2 Å². The fourth-order valence-electron chi connectivity index (χ4n) is 4.84. The number of ether oxygens (including phenoxy) is 2. The summed E-state index contributed by atoms with van der Waals surface area (Å²) in [7, 11) is 1.67. The van der Waals surface area contributed by atoms with Crippen molar-refractivity contribution >= 4 is 16.8 Å². The molecule has 0 saturated heterocycles. The van der Waals surface area contributed by atoms with E-state index in [1.807, 2.05) is 43.3 Å². The number of aromatic nitrogens is 1.